The number of alkyl halides is 3. The first kappa shape index (κ1) is 20.5. The van der Waals surface area contributed by atoms with Gasteiger partial charge >= 0.3 is 6.18 Å². The highest BCUT2D eigenvalue weighted by atomic mass is 19.4. The van der Waals surface area contributed by atoms with Crippen LogP contribution in [-0.2, 0) is 11.0 Å². The molecule has 2 aromatic rings. The van der Waals surface area contributed by atoms with Gasteiger partial charge in [-0.05, 0) is 42.7 Å². The van der Waals surface area contributed by atoms with E-state index in [9.17, 15) is 22.8 Å². The zero-order valence-electron chi connectivity index (χ0n) is 15.1. The normalized spacial score (nSPS) is 13.9. The van der Waals surface area contributed by atoms with E-state index in [0.717, 1.165) is 12.1 Å². The summed E-state index contributed by atoms with van der Waals surface area (Å²) in [6.45, 7) is 5.09. The average molecular weight is 382 g/mol. The van der Waals surface area contributed by atoms with Crippen molar-refractivity contribution in [1.82, 2.24) is 10.6 Å². The lowest BCUT2D eigenvalue weighted by molar-refractivity contribution is -0.137. The second kappa shape index (κ2) is 8.28. The minimum absolute atomic E-state index is 0.0689. The molecule has 0 spiro atoms. The molecular formula is C19H21F3N2O3. The Labute approximate surface area is 154 Å². The lowest BCUT2D eigenvalue weighted by Crippen LogP contribution is -2.50. The van der Waals surface area contributed by atoms with Gasteiger partial charge in [-0.2, -0.15) is 13.2 Å². The van der Waals surface area contributed by atoms with Gasteiger partial charge < -0.3 is 15.1 Å². The van der Waals surface area contributed by atoms with Crippen LogP contribution < -0.4 is 10.6 Å². The van der Waals surface area contributed by atoms with Gasteiger partial charge in [-0.3, -0.25) is 9.59 Å². The molecule has 2 atom stereocenters. The van der Waals surface area contributed by atoms with Crippen LogP contribution in [0.1, 0.15) is 48.5 Å². The van der Waals surface area contributed by atoms with Crippen LogP contribution in [0.15, 0.2) is 47.1 Å². The molecule has 2 amide bonds. The number of amides is 2. The fourth-order valence-electron chi connectivity index (χ4n) is 2.53. The quantitative estimate of drug-likeness (QED) is 0.795. The number of nitrogens with one attached hydrogen (secondary N) is 2. The summed E-state index contributed by atoms with van der Waals surface area (Å²) in [5.41, 5.74) is -0.467. The molecule has 2 N–H and O–H groups in total. The van der Waals surface area contributed by atoms with E-state index >= 15 is 0 Å². The maximum atomic E-state index is 12.9. The number of hydrogen-bond acceptors (Lipinski definition) is 3. The largest absolute Gasteiger partial charge is 0.459 e. The molecular weight excluding hydrogens is 361 g/mol. The van der Waals surface area contributed by atoms with Crippen molar-refractivity contribution < 1.29 is 27.2 Å². The molecule has 27 heavy (non-hydrogen) atoms. The van der Waals surface area contributed by atoms with E-state index in [1.54, 1.807) is 26.8 Å². The Morgan fingerprint density at radius 2 is 1.74 bits per heavy atom. The van der Waals surface area contributed by atoms with Gasteiger partial charge in [0, 0.05) is 0 Å². The van der Waals surface area contributed by atoms with Crippen molar-refractivity contribution in [3.8, 4) is 0 Å². The summed E-state index contributed by atoms with van der Waals surface area (Å²) in [5, 5.41) is 5.24. The second-order valence-corrected chi connectivity index (χ2v) is 6.53. The van der Waals surface area contributed by atoms with E-state index in [1.807, 2.05) is 0 Å². The molecule has 0 saturated carbocycles. The summed E-state index contributed by atoms with van der Waals surface area (Å²) in [7, 11) is 0. The summed E-state index contributed by atoms with van der Waals surface area (Å²) >= 11 is 0. The van der Waals surface area contributed by atoms with Gasteiger partial charge in [-0.1, -0.05) is 26.0 Å². The number of benzene rings is 1. The van der Waals surface area contributed by atoms with E-state index < -0.39 is 35.6 Å². The minimum Gasteiger partial charge on any atom is -0.459 e. The van der Waals surface area contributed by atoms with Gasteiger partial charge in [0.2, 0.25) is 5.91 Å². The highest BCUT2D eigenvalue weighted by Crippen LogP contribution is 2.30. The minimum atomic E-state index is -4.46. The third-order valence-corrected chi connectivity index (χ3v) is 4.05. The van der Waals surface area contributed by atoms with Gasteiger partial charge in [0.25, 0.3) is 5.91 Å². The van der Waals surface area contributed by atoms with Crippen molar-refractivity contribution in [2.75, 3.05) is 0 Å². The molecule has 1 heterocycles. The Balaban J connectivity index is 2.09. The molecule has 0 radical (unpaired) electrons. The molecule has 0 fully saturated rings. The maximum absolute atomic E-state index is 12.9. The number of carbonyl (C=O) groups is 2. The van der Waals surface area contributed by atoms with Crippen LogP contribution in [0.25, 0.3) is 0 Å². The van der Waals surface area contributed by atoms with E-state index in [2.05, 4.69) is 10.6 Å². The lowest BCUT2D eigenvalue weighted by atomic mass is 10.0. The fourth-order valence-corrected chi connectivity index (χ4v) is 2.53. The molecule has 0 bridgehead atoms. The number of hydrogen-bond donors (Lipinski definition) is 2. The van der Waals surface area contributed by atoms with Crippen LogP contribution in [0, 0.1) is 5.92 Å². The molecule has 8 heteroatoms. The Kier molecular flexibility index (Phi) is 6.30. The SMILES string of the molecule is CC(NC(=O)C(NC(=O)c1ccco1)C(C)C)c1cccc(C(F)(F)F)c1. The van der Waals surface area contributed by atoms with Crippen molar-refractivity contribution in [2.24, 2.45) is 5.92 Å². The van der Waals surface area contributed by atoms with Gasteiger partial charge in [0.05, 0.1) is 17.9 Å². The summed E-state index contributed by atoms with van der Waals surface area (Å²) < 4.78 is 43.6. The summed E-state index contributed by atoms with van der Waals surface area (Å²) in [6, 6.07) is 6.25. The van der Waals surface area contributed by atoms with Gasteiger partial charge in [0.1, 0.15) is 6.04 Å². The number of furan rings is 1. The van der Waals surface area contributed by atoms with E-state index in [-0.39, 0.29) is 11.7 Å². The molecule has 5 nitrogen and oxygen atoms in total. The van der Waals surface area contributed by atoms with Crippen molar-refractivity contribution in [1.29, 1.82) is 0 Å². The standard InChI is InChI=1S/C19H21F3N2O3/c1-11(2)16(24-17(25)15-8-5-9-27-15)18(26)23-12(3)13-6-4-7-14(10-13)19(20,21)22/h4-12,16H,1-3H3,(H,23,26)(H,24,25). The van der Waals surface area contributed by atoms with Crippen LogP contribution in [0.5, 0.6) is 0 Å². The Bertz CT molecular complexity index is 786. The number of rotatable bonds is 6. The molecule has 2 unspecified atom stereocenters. The number of carbonyl (C=O) groups excluding carboxylic acids is 2. The molecule has 146 valence electrons. The molecule has 0 saturated heterocycles. The Morgan fingerprint density at radius 3 is 2.30 bits per heavy atom. The average Bonchev–Trinajstić information content (AvgIpc) is 3.13. The molecule has 0 aliphatic rings. The summed E-state index contributed by atoms with van der Waals surface area (Å²) in [4.78, 5) is 24.7. The van der Waals surface area contributed by atoms with E-state index in [4.69, 9.17) is 4.42 Å². The van der Waals surface area contributed by atoms with E-state index in [0.29, 0.717) is 5.56 Å². The Morgan fingerprint density at radius 1 is 1.04 bits per heavy atom. The predicted octanol–water partition coefficient (Wildman–Crippen LogP) is 3.93. The zero-order valence-corrected chi connectivity index (χ0v) is 15.1. The maximum Gasteiger partial charge on any atom is 0.416 e. The van der Waals surface area contributed by atoms with Crippen LogP contribution in [-0.4, -0.2) is 17.9 Å². The zero-order chi connectivity index (χ0) is 20.2. The monoisotopic (exact) mass is 382 g/mol. The van der Waals surface area contributed by atoms with Crippen molar-refractivity contribution >= 4 is 11.8 Å². The van der Waals surface area contributed by atoms with Crippen molar-refractivity contribution in [3.05, 3.63) is 59.5 Å². The molecule has 0 aliphatic carbocycles. The number of halogens is 3. The fraction of sp³-hybridized carbons (Fsp3) is 0.368. The first-order chi connectivity index (χ1) is 12.6. The molecule has 2 rings (SSSR count). The smallest absolute Gasteiger partial charge is 0.416 e. The highest BCUT2D eigenvalue weighted by Gasteiger charge is 2.31. The topological polar surface area (TPSA) is 71.3 Å². The molecule has 0 aliphatic heterocycles. The first-order valence-corrected chi connectivity index (χ1v) is 8.41. The van der Waals surface area contributed by atoms with Crippen molar-refractivity contribution in [3.63, 3.8) is 0 Å². The van der Waals surface area contributed by atoms with Crippen LogP contribution >= 0.6 is 0 Å². The molecule has 1 aromatic heterocycles. The first-order valence-electron chi connectivity index (χ1n) is 8.41. The Hall–Kier alpha value is -2.77. The van der Waals surface area contributed by atoms with Crippen LogP contribution in [0.4, 0.5) is 13.2 Å². The molecule has 1 aromatic carbocycles. The third-order valence-electron chi connectivity index (χ3n) is 4.05. The summed E-state index contributed by atoms with van der Waals surface area (Å²) in [6.07, 6.45) is -3.12. The van der Waals surface area contributed by atoms with Crippen LogP contribution in [0.3, 0.4) is 0 Å². The van der Waals surface area contributed by atoms with Crippen molar-refractivity contribution in [2.45, 2.75) is 39.0 Å². The summed E-state index contributed by atoms with van der Waals surface area (Å²) in [5.74, 6) is -1.20. The second-order valence-electron chi connectivity index (χ2n) is 6.53. The van der Waals surface area contributed by atoms with Gasteiger partial charge in [0.15, 0.2) is 5.76 Å². The van der Waals surface area contributed by atoms with Gasteiger partial charge in [-0.15, -0.1) is 0 Å². The third kappa shape index (κ3) is 5.35. The highest BCUT2D eigenvalue weighted by molar-refractivity contribution is 5.95. The lowest BCUT2D eigenvalue weighted by Gasteiger charge is -2.24. The predicted molar refractivity (Wildman–Crippen MR) is 92.8 cm³/mol. The van der Waals surface area contributed by atoms with E-state index in [1.165, 1.54) is 24.5 Å². The van der Waals surface area contributed by atoms with Crippen LogP contribution in [0.2, 0.25) is 0 Å². The van der Waals surface area contributed by atoms with Gasteiger partial charge in [-0.25, -0.2) is 0 Å².